The van der Waals surface area contributed by atoms with Crippen LogP contribution in [-0.4, -0.2) is 30.6 Å². The molecule has 5 heteroatoms. The maximum absolute atomic E-state index is 12.6. The molecule has 0 aliphatic carbocycles. The Labute approximate surface area is 179 Å². The Morgan fingerprint density at radius 3 is 2.20 bits per heavy atom. The summed E-state index contributed by atoms with van der Waals surface area (Å²) in [5.74, 6) is -0.230. The summed E-state index contributed by atoms with van der Waals surface area (Å²) in [6.07, 6.45) is 1.75. The first kappa shape index (κ1) is 21.9. The molecular formula is C25H32N4O. The zero-order valence-electron chi connectivity index (χ0n) is 18.2. The molecule has 0 aromatic heterocycles. The number of anilines is 1. The van der Waals surface area contributed by atoms with Crippen molar-refractivity contribution in [1.82, 2.24) is 5.32 Å². The molecule has 158 valence electrons. The van der Waals surface area contributed by atoms with Crippen LogP contribution in [0.5, 0.6) is 0 Å². The summed E-state index contributed by atoms with van der Waals surface area (Å²) in [6, 6.07) is 20.6. The van der Waals surface area contributed by atoms with E-state index in [1.807, 2.05) is 18.2 Å². The van der Waals surface area contributed by atoms with Crippen molar-refractivity contribution < 1.29 is 4.79 Å². The highest BCUT2D eigenvalue weighted by Crippen LogP contribution is 2.29. The van der Waals surface area contributed by atoms with Crippen LogP contribution in [0.2, 0.25) is 0 Å². The number of rotatable bonds is 5. The number of benzene rings is 2. The van der Waals surface area contributed by atoms with Crippen LogP contribution < -0.4 is 16.0 Å². The lowest BCUT2D eigenvalue weighted by Gasteiger charge is -2.39. The van der Waals surface area contributed by atoms with Gasteiger partial charge in [0.2, 0.25) is 5.91 Å². The lowest BCUT2D eigenvalue weighted by Crippen LogP contribution is -2.58. The van der Waals surface area contributed by atoms with Gasteiger partial charge in [-0.2, -0.15) is 5.26 Å². The molecule has 2 aromatic carbocycles. The molecule has 0 spiro atoms. The SMILES string of the molecule is CC(C)(C)CC(N)C(=O)NC1(C#N)CCN(c2ccc(-c3ccccc3)cc2)CC1. The quantitative estimate of drug-likeness (QED) is 0.786. The second-order valence-corrected chi connectivity index (χ2v) is 9.45. The fourth-order valence-corrected chi connectivity index (χ4v) is 3.99. The Kier molecular flexibility index (Phi) is 6.48. The van der Waals surface area contributed by atoms with Gasteiger partial charge >= 0.3 is 0 Å². The van der Waals surface area contributed by atoms with E-state index in [0.29, 0.717) is 32.4 Å². The predicted molar refractivity (Wildman–Crippen MR) is 122 cm³/mol. The van der Waals surface area contributed by atoms with Crippen molar-refractivity contribution in [3.8, 4) is 17.2 Å². The second kappa shape index (κ2) is 8.89. The molecular weight excluding hydrogens is 372 g/mol. The number of amides is 1. The normalized spacial score (nSPS) is 17.1. The van der Waals surface area contributed by atoms with E-state index in [2.05, 4.69) is 73.5 Å². The summed E-state index contributed by atoms with van der Waals surface area (Å²) in [4.78, 5) is 14.8. The second-order valence-electron chi connectivity index (χ2n) is 9.45. The summed E-state index contributed by atoms with van der Waals surface area (Å²) in [6.45, 7) is 7.60. The smallest absolute Gasteiger partial charge is 0.238 e. The first-order valence-electron chi connectivity index (χ1n) is 10.6. The number of carbonyl (C=O) groups excluding carboxylic acids is 1. The maximum atomic E-state index is 12.6. The van der Waals surface area contributed by atoms with Crippen LogP contribution in [0.4, 0.5) is 5.69 Å². The molecule has 1 saturated heterocycles. The van der Waals surface area contributed by atoms with Crippen molar-refractivity contribution in [1.29, 1.82) is 5.26 Å². The number of hydrogen-bond acceptors (Lipinski definition) is 4. The molecule has 1 aliphatic heterocycles. The van der Waals surface area contributed by atoms with Gasteiger partial charge in [0.05, 0.1) is 12.1 Å². The van der Waals surface area contributed by atoms with Crippen LogP contribution in [0, 0.1) is 16.7 Å². The minimum atomic E-state index is -0.840. The Morgan fingerprint density at radius 1 is 1.10 bits per heavy atom. The van der Waals surface area contributed by atoms with E-state index in [9.17, 15) is 10.1 Å². The molecule has 1 fully saturated rings. The summed E-state index contributed by atoms with van der Waals surface area (Å²) in [5, 5.41) is 12.8. The lowest BCUT2D eigenvalue weighted by atomic mass is 9.86. The third kappa shape index (κ3) is 5.40. The molecule has 3 N–H and O–H groups in total. The number of nitrogens with zero attached hydrogens (tertiary/aromatic N) is 2. The molecule has 30 heavy (non-hydrogen) atoms. The van der Waals surface area contributed by atoms with Crippen LogP contribution in [0.25, 0.3) is 11.1 Å². The highest BCUT2D eigenvalue weighted by atomic mass is 16.2. The molecule has 5 nitrogen and oxygen atoms in total. The van der Waals surface area contributed by atoms with Crippen molar-refractivity contribution in [2.45, 2.75) is 51.6 Å². The highest BCUT2D eigenvalue weighted by Gasteiger charge is 2.37. The molecule has 3 rings (SSSR count). The third-order valence-electron chi connectivity index (χ3n) is 5.70. The van der Waals surface area contributed by atoms with E-state index in [1.165, 1.54) is 11.1 Å². The molecule has 0 saturated carbocycles. The number of nitrogens with one attached hydrogen (secondary N) is 1. The highest BCUT2D eigenvalue weighted by molar-refractivity contribution is 5.82. The Bertz CT molecular complexity index is 885. The van der Waals surface area contributed by atoms with Gasteiger partial charge in [-0.25, -0.2) is 0 Å². The van der Waals surface area contributed by atoms with Gasteiger partial charge in [-0.3, -0.25) is 4.79 Å². The van der Waals surface area contributed by atoms with E-state index in [4.69, 9.17) is 5.73 Å². The van der Waals surface area contributed by atoms with Crippen molar-refractivity contribution in [3.63, 3.8) is 0 Å². The van der Waals surface area contributed by atoms with Crippen LogP contribution >= 0.6 is 0 Å². The molecule has 2 aromatic rings. The van der Waals surface area contributed by atoms with E-state index in [-0.39, 0.29) is 11.3 Å². The number of hydrogen-bond donors (Lipinski definition) is 2. The van der Waals surface area contributed by atoms with Gasteiger partial charge in [-0.1, -0.05) is 63.2 Å². The molecule has 1 heterocycles. The van der Waals surface area contributed by atoms with Crippen molar-refractivity contribution in [3.05, 3.63) is 54.6 Å². The largest absolute Gasteiger partial charge is 0.371 e. The summed E-state index contributed by atoms with van der Waals surface area (Å²) < 4.78 is 0. The molecule has 0 radical (unpaired) electrons. The topological polar surface area (TPSA) is 82.1 Å². The number of nitriles is 1. The minimum Gasteiger partial charge on any atom is -0.371 e. The van der Waals surface area contributed by atoms with Gasteiger partial charge in [-0.15, -0.1) is 0 Å². The van der Waals surface area contributed by atoms with Gasteiger partial charge < -0.3 is 16.0 Å². The molecule has 0 bridgehead atoms. The number of carbonyl (C=O) groups is 1. The molecule has 1 aliphatic rings. The van der Waals surface area contributed by atoms with Gasteiger partial charge in [0, 0.05) is 31.6 Å². The molecule has 1 unspecified atom stereocenters. The van der Waals surface area contributed by atoms with Crippen molar-refractivity contribution in [2.75, 3.05) is 18.0 Å². The average Bonchev–Trinajstić information content (AvgIpc) is 2.74. The molecule has 1 amide bonds. The Hall–Kier alpha value is -2.84. The van der Waals surface area contributed by atoms with E-state index in [0.717, 1.165) is 5.69 Å². The monoisotopic (exact) mass is 404 g/mol. The number of piperidine rings is 1. The third-order valence-corrected chi connectivity index (χ3v) is 5.70. The predicted octanol–water partition coefficient (Wildman–Crippen LogP) is 4.10. The van der Waals surface area contributed by atoms with Gasteiger partial charge in [0.15, 0.2) is 0 Å². The zero-order chi connectivity index (χ0) is 21.8. The summed E-state index contributed by atoms with van der Waals surface area (Å²) in [7, 11) is 0. The van der Waals surface area contributed by atoms with E-state index < -0.39 is 11.6 Å². The van der Waals surface area contributed by atoms with Gasteiger partial charge in [0.1, 0.15) is 5.54 Å². The van der Waals surface area contributed by atoms with Crippen molar-refractivity contribution in [2.24, 2.45) is 11.1 Å². The average molecular weight is 405 g/mol. The van der Waals surface area contributed by atoms with Crippen molar-refractivity contribution >= 4 is 11.6 Å². The van der Waals surface area contributed by atoms with E-state index >= 15 is 0 Å². The first-order chi connectivity index (χ1) is 14.2. The van der Waals surface area contributed by atoms with E-state index in [1.54, 1.807) is 0 Å². The van der Waals surface area contributed by atoms with Crippen LogP contribution in [0.3, 0.4) is 0 Å². The summed E-state index contributed by atoms with van der Waals surface area (Å²) >= 11 is 0. The standard InChI is InChI=1S/C25H32N4O/c1-24(2,3)17-22(27)23(30)28-25(18-26)13-15-29(16-14-25)21-11-9-20(10-12-21)19-7-5-4-6-8-19/h4-12,22H,13-17,27H2,1-3H3,(H,28,30). The Balaban J connectivity index is 1.61. The Morgan fingerprint density at radius 2 is 1.67 bits per heavy atom. The maximum Gasteiger partial charge on any atom is 0.238 e. The van der Waals surface area contributed by atoms with Gasteiger partial charge in [-0.05, 0) is 35.1 Å². The number of nitrogens with two attached hydrogens (primary N) is 1. The van der Waals surface area contributed by atoms with Gasteiger partial charge in [0.25, 0.3) is 0 Å². The van der Waals surface area contributed by atoms with Crippen LogP contribution in [0.15, 0.2) is 54.6 Å². The molecule has 1 atom stereocenters. The van der Waals surface area contributed by atoms with Crippen LogP contribution in [0.1, 0.15) is 40.0 Å². The summed E-state index contributed by atoms with van der Waals surface area (Å²) in [5.41, 5.74) is 8.72. The minimum absolute atomic E-state index is 0.0359. The fraction of sp³-hybridized carbons (Fsp3) is 0.440. The lowest BCUT2D eigenvalue weighted by molar-refractivity contribution is -0.124. The van der Waals surface area contributed by atoms with Crippen LogP contribution in [-0.2, 0) is 4.79 Å². The first-order valence-corrected chi connectivity index (χ1v) is 10.6. The zero-order valence-corrected chi connectivity index (χ0v) is 18.2. The fourth-order valence-electron chi connectivity index (χ4n) is 3.99.